The molecule has 0 aliphatic rings. The number of hydrogen-bond acceptors (Lipinski definition) is 5. The monoisotopic (exact) mass is 394 g/mol. The zero-order valence-electron chi connectivity index (χ0n) is 16.2. The summed E-state index contributed by atoms with van der Waals surface area (Å²) < 4.78 is 16.1. The van der Waals surface area contributed by atoms with E-state index >= 15 is 0 Å². The van der Waals surface area contributed by atoms with Crippen molar-refractivity contribution in [2.24, 2.45) is 0 Å². The van der Waals surface area contributed by atoms with Crippen molar-refractivity contribution in [3.8, 4) is 0 Å². The molecule has 0 bridgehead atoms. The van der Waals surface area contributed by atoms with Crippen LogP contribution in [0.3, 0.4) is 0 Å². The second kappa shape index (κ2) is 6.77. The number of aromatic nitrogens is 5. The number of carbonyl (C=O) groups is 1. The van der Waals surface area contributed by atoms with Crippen molar-refractivity contribution >= 4 is 28.5 Å². The van der Waals surface area contributed by atoms with E-state index in [2.05, 4.69) is 20.3 Å². The third-order valence-corrected chi connectivity index (χ3v) is 4.49. The summed E-state index contributed by atoms with van der Waals surface area (Å²) in [6.07, 6.45) is 4.27. The van der Waals surface area contributed by atoms with Crippen LogP contribution in [0.25, 0.3) is 16.8 Å². The van der Waals surface area contributed by atoms with E-state index in [1.54, 1.807) is 29.1 Å². The first-order chi connectivity index (χ1) is 13.7. The van der Waals surface area contributed by atoms with Crippen LogP contribution < -0.4 is 10.9 Å². The highest BCUT2D eigenvalue weighted by molar-refractivity contribution is 5.91. The first-order valence-corrected chi connectivity index (χ1v) is 9.02. The van der Waals surface area contributed by atoms with Crippen molar-refractivity contribution in [3.63, 3.8) is 0 Å². The summed E-state index contributed by atoms with van der Waals surface area (Å²) in [5, 5.41) is 3.00. The Labute approximate surface area is 165 Å². The molecule has 0 radical (unpaired) electrons. The topological polar surface area (TPSA) is 94.2 Å². The third-order valence-electron chi connectivity index (χ3n) is 4.49. The maximum Gasteiger partial charge on any atom is 0.268 e. The first-order valence-electron chi connectivity index (χ1n) is 9.02. The highest BCUT2D eigenvalue weighted by atomic mass is 19.1. The standard InChI is InChI=1S/C20H19FN6O2/c1-20(2,3)14-10-27-18(29)13-5-4-8-22-17(13)26(19(27)24-14)11-16(28)25-15-7-6-12(21)9-23-15/h4-10H,11H2,1-3H3,(H,23,25,28). The molecule has 4 aromatic heterocycles. The van der Waals surface area contributed by atoms with Gasteiger partial charge in [0.15, 0.2) is 0 Å². The Morgan fingerprint density at radius 2 is 2.00 bits per heavy atom. The number of nitrogens with zero attached hydrogens (tertiary/aromatic N) is 5. The fraction of sp³-hybridized carbons (Fsp3) is 0.250. The van der Waals surface area contributed by atoms with Gasteiger partial charge in [-0.05, 0) is 24.3 Å². The van der Waals surface area contributed by atoms with E-state index in [-0.39, 0.29) is 23.3 Å². The number of halogens is 1. The molecule has 1 N–H and O–H groups in total. The summed E-state index contributed by atoms with van der Waals surface area (Å²) in [6, 6.07) is 5.92. The van der Waals surface area contributed by atoms with Gasteiger partial charge in [0, 0.05) is 17.8 Å². The van der Waals surface area contributed by atoms with E-state index in [1.807, 2.05) is 20.8 Å². The van der Waals surface area contributed by atoms with Crippen molar-refractivity contribution in [3.05, 3.63) is 64.7 Å². The number of imidazole rings is 1. The molecule has 148 valence electrons. The largest absolute Gasteiger partial charge is 0.309 e. The molecule has 0 saturated heterocycles. The zero-order valence-corrected chi connectivity index (χ0v) is 16.2. The van der Waals surface area contributed by atoms with Crippen LogP contribution in [-0.2, 0) is 16.8 Å². The maximum absolute atomic E-state index is 13.0. The summed E-state index contributed by atoms with van der Waals surface area (Å²) in [7, 11) is 0. The van der Waals surface area contributed by atoms with Gasteiger partial charge in [0.25, 0.3) is 5.56 Å². The second-order valence-corrected chi connectivity index (χ2v) is 7.72. The maximum atomic E-state index is 13.0. The molecule has 4 rings (SSSR count). The van der Waals surface area contributed by atoms with Crippen LogP contribution in [0.15, 0.2) is 47.7 Å². The lowest BCUT2D eigenvalue weighted by Gasteiger charge is -2.14. The average Bonchev–Trinajstić information content (AvgIpc) is 3.13. The number of nitrogens with one attached hydrogen (secondary N) is 1. The van der Waals surface area contributed by atoms with Crippen LogP contribution >= 0.6 is 0 Å². The number of carbonyl (C=O) groups excluding carboxylic acids is 1. The molecule has 0 atom stereocenters. The van der Waals surface area contributed by atoms with Gasteiger partial charge < -0.3 is 5.32 Å². The van der Waals surface area contributed by atoms with E-state index in [4.69, 9.17) is 0 Å². The third kappa shape index (κ3) is 3.46. The quantitative estimate of drug-likeness (QED) is 0.576. The Kier molecular flexibility index (Phi) is 4.37. The minimum absolute atomic E-state index is 0.142. The molecule has 1 amide bonds. The van der Waals surface area contributed by atoms with E-state index in [1.165, 1.54) is 16.5 Å². The normalized spacial score (nSPS) is 11.9. The molecule has 0 spiro atoms. The predicted octanol–water partition coefficient (Wildman–Crippen LogP) is 2.51. The Balaban J connectivity index is 1.83. The fourth-order valence-corrected chi connectivity index (χ4v) is 3.00. The van der Waals surface area contributed by atoms with Gasteiger partial charge in [0.1, 0.15) is 23.8 Å². The smallest absolute Gasteiger partial charge is 0.268 e. The number of anilines is 1. The minimum atomic E-state index is -0.493. The summed E-state index contributed by atoms with van der Waals surface area (Å²) in [6.45, 7) is 5.84. The van der Waals surface area contributed by atoms with Crippen LogP contribution in [0, 0.1) is 5.82 Å². The molecule has 8 nitrogen and oxygen atoms in total. The summed E-state index contributed by atoms with van der Waals surface area (Å²) in [5.41, 5.74) is 0.552. The fourth-order valence-electron chi connectivity index (χ4n) is 3.00. The Morgan fingerprint density at radius 1 is 1.21 bits per heavy atom. The molecule has 0 unspecified atom stereocenters. The highest BCUT2D eigenvalue weighted by Crippen LogP contribution is 2.22. The van der Waals surface area contributed by atoms with Gasteiger partial charge in [-0.25, -0.2) is 19.3 Å². The zero-order chi connectivity index (χ0) is 20.8. The molecule has 0 aliphatic heterocycles. The minimum Gasteiger partial charge on any atom is -0.309 e. The lowest BCUT2D eigenvalue weighted by atomic mass is 9.93. The number of amides is 1. The van der Waals surface area contributed by atoms with E-state index in [0.29, 0.717) is 16.8 Å². The van der Waals surface area contributed by atoms with Gasteiger partial charge in [0.2, 0.25) is 11.7 Å². The van der Waals surface area contributed by atoms with Gasteiger partial charge in [-0.2, -0.15) is 0 Å². The molecule has 4 aromatic rings. The van der Waals surface area contributed by atoms with Gasteiger partial charge in [-0.1, -0.05) is 20.8 Å². The predicted molar refractivity (Wildman–Crippen MR) is 106 cm³/mol. The van der Waals surface area contributed by atoms with Crippen molar-refractivity contribution in [2.45, 2.75) is 32.7 Å². The molecular formula is C20H19FN6O2. The van der Waals surface area contributed by atoms with Gasteiger partial charge in [0.05, 0.1) is 17.3 Å². The van der Waals surface area contributed by atoms with Crippen LogP contribution in [-0.4, -0.2) is 29.8 Å². The number of pyridine rings is 2. The number of hydrogen-bond donors (Lipinski definition) is 1. The summed E-state index contributed by atoms with van der Waals surface area (Å²) in [4.78, 5) is 38.3. The first kappa shape index (κ1) is 18.7. The highest BCUT2D eigenvalue weighted by Gasteiger charge is 2.22. The van der Waals surface area contributed by atoms with Crippen LogP contribution in [0.2, 0.25) is 0 Å². The van der Waals surface area contributed by atoms with E-state index in [0.717, 1.165) is 11.9 Å². The van der Waals surface area contributed by atoms with E-state index in [9.17, 15) is 14.0 Å². The molecule has 0 saturated carbocycles. The van der Waals surface area contributed by atoms with Crippen LogP contribution in [0.1, 0.15) is 26.5 Å². The van der Waals surface area contributed by atoms with Crippen molar-refractivity contribution in [1.82, 2.24) is 23.9 Å². The molecule has 4 heterocycles. The second-order valence-electron chi connectivity index (χ2n) is 7.72. The van der Waals surface area contributed by atoms with Crippen LogP contribution in [0.5, 0.6) is 0 Å². The van der Waals surface area contributed by atoms with Crippen LogP contribution in [0.4, 0.5) is 10.2 Å². The molecule has 29 heavy (non-hydrogen) atoms. The van der Waals surface area contributed by atoms with Gasteiger partial charge in [-0.15, -0.1) is 0 Å². The molecule has 0 aromatic carbocycles. The van der Waals surface area contributed by atoms with Crippen molar-refractivity contribution in [1.29, 1.82) is 0 Å². The van der Waals surface area contributed by atoms with Crippen molar-refractivity contribution in [2.75, 3.05) is 5.32 Å². The van der Waals surface area contributed by atoms with Gasteiger partial charge in [-0.3, -0.25) is 18.6 Å². The molecular weight excluding hydrogens is 375 g/mol. The number of fused-ring (bicyclic) bond motifs is 2. The summed E-state index contributed by atoms with van der Waals surface area (Å²) >= 11 is 0. The SMILES string of the molecule is CC(C)(C)c1cn2c(=O)c3cccnc3n(CC(=O)Nc3ccc(F)cn3)c2n1. The lowest BCUT2D eigenvalue weighted by Crippen LogP contribution is -2.25. The summed E-state index contributed by atoms with van der Waals surface area (Å²) in [5.74, 6) is -0.341. The Morgan fingerprint density at radius 3 is 2.69 bits per heavy atom. The molecule has 0 fully saturated rings. The average molecular weight is 394 g/mol. The molecule has 9 heteroatoms. The van der Waals surface area contributed by atoms with Gasteiger partial charge >= 0.3 is 0 Å². The Bertz CT molecular complexity index is 1280. The van der Waals surface area contributed by atoms with Crippen molar-refractivity contribution < 1.29 is 9.18 Å². The van der Waals surface area contributed by atoms with E-state index < -0.39 is 11.7 Å². The molecule has 0 aliphatic carbocycles. The Hall–Kier alpha value is -3.62. The lowest BCUT2D eigenvalue weighted by molar-refractivity contribution is -0.116. The number of rotatable bonds is 3.